The number of rotatable bonds is 5. The highest BCUT2D eigenvalue weighted by molar-refractivity contribution is 8.21. The second-order valence-electron chi connectivity index (χ2n) is 6.52. The minimum atomic E-state index is -2.34. The zero-order valence-corrected chi connectivity index (χ0v) is 17.1. The summed E-state index contributed by atoms with van der Waals surface area (Å²) in [7, 11) is 0. The molecule has 0 saturated carbocycles. The molecule has 28 heavy (non-hydrogen) atoms. The van der Waals surface area contributed by atoms with Crippen LogP contribution in [0.5, 0.6) is 0 Å². The maximum Gasteiger partial charge on any atom is 0.133 e. The summed E-state index contributed by atoms with van der Waals surface area (Å²) in [6, 6.07) is 37.1. The van der Waals surface area contributed by atoms with Gasteiger partial charge in [0.15, 0.2) is 0 Å². The lowest BCUT2D eigenvalue weighted by atomic mass is 10.2. The minimum absolute atomic E-state index is 0.763. The van der Waals surface area contributed by atoms with Crippen LogP contribution in [-0.4, -0.2) is 4.57 Å². The molecular formula is C24H21N2PS. The monoisotopic (exact) mass is 400 g/mol. The Morgan fingerprint density at radius 3 is 1.71 bits per heavy atom. The van der Waals surface area contributed by atoms with Crippen molar-refractivity contribution in [1.29, 1.82) is 0 Å². The van der Waals surface area contributed by atoms with Gasteiger partial charge in [-0.25, -0.2) is 4.76 Å². The molecule has 0 radical (unpaired) electrons. The smallest absolute Gasteiger partial charge is 0.133 e. The fourth-order valence-corrected chi connectivity index (χ4v) is 6.27. The van der Waals surface area contributed by atoms with Crippen LogP contribution in [0.2, 0.25) is 0 Å². The number of hydrogen-bond acceptors (Lipinski definition) is 1. The van der Waals surface area contributed by atoms with Gasteiger partial charge in [-0.1, -0.05) is 109 Å². The Morgan fingerprint density at radius 1 is 0.643 bits per heavy atom. The van der Waals surface area contributed by atoms with E-state index in [1.165, 1.54) is 5.56 Å². The van der Waals surface area contributed by atoms with E-state index < -0.39 is 6.19 Å². The van der Waals surface area contributed by atoms with Gasteiger partial charge in [-0.15, -0.1) is 0 Å². The first-order valence-electron chi connectivity index (χ1n) is 9.23. The van der Waals surface area contributed by atoms with Crippen molar-refractivity contribution in [2.45, 2.75) is 6.54 Å². The molecule has 0 aliphatic heterocycles. The Balaban J connectivity index is 1.88. The SMILES string of the molecule is S=P(/N=c1\ccccn1Cc1ccccc1)(c1ccccc1)c1ccccc1. The second kappa shape index (κ2) is 8.52. The molecule has 0 spiro atoms. The third kappa shape index (κ3) is 4.06. The standard InChI is InChI=1S/C24H21N2PS/c28-27(22-14-6-2-7-15-22,23-16-8-3-9-17-23)25-24-18-10-11-19-26(24)20-21-12-4-1-5-13-21/h1-19H,20H2/b25-24+. The molecule has 2 nitrogen and oxygen atoms in total. The average Bonchev–Trinajstić information content (AvgIpc) is 2.77. The van der Waals surface area contributed by atoms with Crippen LogP contribution in [0.1, 0.15) is 5.56 Å². The van der Waals surface area contributed by atoms with Crippen LogP contribution in [0.15, 0.2) is 120 Å². The van der Waals surface area contributed by atoms with Gasteiger partial charge in [0, 0.05) is 23.4 Å². The lowest BCUT2D eigenvalue weighted by Crippen LogP contribution is -2.23. The minimum Gasteiger partial charge on any atom is -0.329 e. The molecule has 0 saturated heterocycles. The maximum absolute atomic E-state index is 6.27. The first-order valence-corrected chi connectivity index (χ1v) is 12.0. The molecule has 0 aliphatic rings. The summed E-state index contributed by atoms with van der Waals surface area (Å²) >= 11 is 6.27. The second-order valence-corrected chi connectivity index (χ2v) is 10.5. The third-order valence-corrected chi connectivity index (χ3v) is 8.56. The van der Waals surface area contributed by atoms with Gasteiger partial charge in [0.2, 0.25) is 0 Å². The van der Waals surface area contributed by atoms with Gasteiger partial charge in [0.05, 0.1) is 0 Å². The van der Waals surface area contributed by atoms with E-state index in [0.717, 1.165) is 22.6 Å². The van der Waals surface area contributed by atoms with Gasteiger partial charge in [-0.2, -0.15) is 0 Å². The number of hydrogen-bond donors (Lipinski definition) is 0. The Labute approximate surface area is 170 Å². The molecule has 0 aliphatic carbocycles. The van der Waals surface area contributed by atoms with Gasteiger partial charge < -0.3 is 4.57 Å². The van der Waals surface area contributed by atoms with E-state index >= 15 is 0 Å². The van der Waals surface area contributed by atoms with Crippen LogP contribution in [0, 0.1) is 0 Å². The molecule has 4 rings (SSSR count). The summed E-state index contributed by atoms with van der Waals surface area (Å²) in [5.74, 6) is 0. The van der Waals surface area contributed by atoms with Gasteiger partial charge in [-0.3, -0.25) is 0 Å². The number of aromatic nitrogens is 1. The summed E-state index contributed by atoms with van der Waals surface area (Å²) in [6.45, 7) is 0.763. The van der Waals surface area contributed by atoms with Crippen LogP contribution in [0.4, 0.5) is 0 Å². The van der Waals surface area contributed by atoms with Crippen LogP contribution in [-0.2, 0) is 18.4 Å². The fraction of sp³-hybridized carbons (Fsp3) is 0.0417. The van der Waals surface area contributed by atoms with E-state index in [-0.39, 0.29) is 0 Å². The topological polar surface area (TPSA) is 17.3 Å². The lowest BCUT2D eigenvalue weighted by Gasteiger charge is -2.19. The molecule has 0 N–H and O–H groups in total. The molecule has 3 aromatic carbocycles. The lowest BCUT2D eigenvalue weighted by molar-refractivity contribution is 0.748. The van der Waals surface area contributed by atoms with Crippen molar-refractivity contribution in [2.24, 2.45) is 4.76 Å². The largest absolute Gasteiger partial charge is 0.329 e. The average molecular weight is 400 g/mol. The van der Waals surface area contributed by atoms with E-state index in [9.17, 15) is 0 Å². The van der Waals surface area contributed by atoms with Crippen molar-refractivity contribution in [3.8, 4) is 0 Å². The molecule has 0 bridgehead atoms. The van der Waals surface area contributed by atoms with E-state index in [2.05, 4.69) is 65.4 Å². The Bertz CT molecular complexity index is 1110. The Morgan fingerprint density at radius 2 is 1.14 bits per heavy atom. The molecule has 1 heterocycles. The molecule has 0 amide bonds. The van der Waals surface area contributed by atoms with Crippen molar-refractivity contribution < 1.29 is 0 Å². The highest BCUT2D eigenvalue weighted by atomic mass is 32.4. The van der Waals surface area contributed by atoms with Gasteiger partial charge in [-0.05, 0) is 17.7 Å². The van der Waals surface area contributed by atoms with Crippen LogP contribution < -0.4 is 16.1 Å². The van der Waals surface area contributed by atoms with Crippen molar-refractivity contribution in [2.75, 3.05) is 0 Å². The van der Waals surface area contributed by atoms with Crippen LogP contribution in [0.3, 0.4) is 0 Å². The highest BCUT2D eigenvalue weighted by Gasteiger charge is 2.21. The first kappa shape index (κ1) is 18.6. The van der Waals surface area contributed by atoms with Crippen LogP contribution >= 0.6 is 6.19 Å². The fourth-order valence-electron chi connectivity index (χ4n) is 3.14. The van der Waals surface area contributed by atoms with Crippen molar-refractivity contribution in [1.82, 2.24) is 4.57 Å². The number of nitrogens with zero attached hydrogens (tertiary/aromatic N) is 2. The quantitative estimate of drug-likeness (QED) is 0.452. The van der Waals surface area contributed by atoms with Crippen molar-refractivity contribution >= 4 is 28.6 Å². The van der Waals surface area contributed by atoms with Crippen LogP contribution in [0.25, 0.3) is 0 Å². The highest BCUT2D eigenvalue weighted by Crippen LogP contribution is 2.44. The van der Waals surface area contributed by atoms with E-state index in [0.29, 0.717) is 0 Å². The van der Waals surface area contributed by atoms with Crippen molar-refractivity contribution in [3.05, 3.63) is 126 Å². The number of pyridine rings is 1. The van der Waals surface area contributed by atoms with Gasteiger partial charge >= 0.3 is 0 Å². The Hall–Kier alpha value is -2.74. The van der Waals surface area contributed by atoms with Crippen molar-refractivity contribution in [3.63, 3.8) is 0 Å². The molecule has 0 atom stereocenters. The van der Waals surface area contributed by atoms with Gasteiger partial charge in [0.1, 0.15) is 11.7 Å². The summed E-state index contributed by atoms with van der Waals surface area (Å²) in [4.78, 5) is 0. The molecule has 138 valence electrons. The molecule has 0 unspecified atom stereocenters. The maximum atomic E-state index is 6.27. The molecule has 4 aromatic rings. The van der Waals surface area contributed by atoms with Gasteiger partial charge in [0.25, 0.3) is 0 Å². The summed E-state index contributed by atoms with van der Waals surface area (Å²) < 4.78 is 7.38. The molecule has 4 heteroatoms. The molecule has 0 fully saturated rings. The van der Waals surface area contributed by atoms with E-state index in [1.807, 2.05) is 54.6 Å². The number of benzene rings is 3. The van der Waals surface area contributed by atoms with E-state index in [4.69, 9.17) is 16.6 Å². The predicted octanol–water partition coefficient (Wildman–Crippen LogP) is 4.48. The summed E-state index contributed by atoms with van der Waals surface area (Å²) in [5, 5.41) is 2.21. The molecular weight excluding hydrogens is 379 g/mol. The summed E-state index contributed by atoms with van der Waals surface area (Å²) in [6.07, 6.45) is -0.269. The van der Waals surface area contributed by atoms with E-state index in [1.54, 1.807) is 0 Å². The normalized spacial score (nSPS) is 12.1. The Kier molecular flexibility index (Phi) is 5.66. The summed E-state index contributed by atoms with van der Waals surface area (Å²) in [5.41, 5.74) is 2.14. The molecule has 1 aromatic heterocycles. The zero-order valence-electron chi connectivity index (χ0n) is 15.4. The first-order chi connectivity index (χ1) is 13.8. The predicted molar refractivity (Wildman–Crippen MR) is 122 cm³/mol. The third-order valence-electron chi connectivity index (χ3n) is 4.57. The zero-order chi connectivity index (χ0) is 19.2.